The number of quaternary nitrogens is 1. The number of ether oxygens (including phenoxy) is 2. The van der Waals surface area contributed by atoms with Crippen LogP contribution in [0.2, 0.25) is 0 Å². The smallest absolute Gasteiger partial charge is 0.304 e. The maximum Gasteiger partial charge on any atom is 0.304 e. The Hall–Kier alpha value is -3.63. The predicted molar refractivity (Wildman–Crippen MR) is 146 cm³/mol. The van der Waals surface area contributed by atoms with Crippen LogP contribution < -0.4 is 14.4 Å². The van der Waals surface area contributed by atoms with E-state index in [2.05, 4.69) is 43.0 Å². The second-order valence-corrected chi connectivity index (χ2v) is 10.6. The number of aliphatic carboxylic acids is 1. The normalized spacial score (nSPS) is 17.6. The quantitative estimate of drug-likeness (QED) is 0.281. The van der Waals surface area contributed by atoms with Gasteiger partial charge in [-0.25, -0.2) is 0 Å². The van der Waals surface area contributed by atoms with Crippen molar-refractivity contribution in [1.29, 1.82) is 0 Å². The number of rotatable bonds is 8. The van der Waals surface area contributed by atoms with E-state index in [1.807, 2.05) is 30.3 Å². The van der Waals surface area contributed by atoms with Crippen LogP contribution in [0.15, 0.2) is 54.6 Å². The molecule has 0 amide bonds. The van der Waals surface area contributed by atoms with Crippen LogP contribution in [0.4, 0.5) is 5.69 Å². The summed E-state index contributed by atoms with van der Waals surface area (Å²) in [5, 5.41) is 30.4. The Balaban J connectivity index is 1.27. The van der Waals surface area contributed by atoms with Crippen molar-refractivity contribution in [2.24, 2.45) is 0 Å². The second kappa shape index (κ2) is 10.9. The predicted octanol–water partition coefficient (Wildman–Crippen LogP) is 4.76. The maximum atomic E-state index is 11.1. The van der Waals surface area contributed by atoms with Gasteiger partial charge in [0.1, 0.15) is 18.1 Å². The molecule has 3 aromatic rings. The van der Waals surface area contributed by atoms with E-state index >= 15 is 0 Å². The van der Waals surface area contributed by atoms with Crippen molar-refractivity contribution in [3.8, 4) is 22.6 Å². The summed E-state index contributed by atoms with van der Waals surface area (Å²) in [4.78, 5) is 12.2. The molecule has 3 aromatic carbocycles. The Labute approximate surface area is 228 Å². The highest BCUT2D eigenvalue weighted by atomic mass is 16.9. The molecule has 0 spiro atoms. The zero-order chi connectivity index (χ0) is 27.7. The van der Waals surface area contributed by atoms with Crippen LogP contribution in [0.25, 0.3) is 11.1 Å². The Kier molecular flexibility index (Phi) is 7.51. The molecule has 1 atom stereocenters. The highest BCUT2D eigenvalue weighted by Crippen LogP contribution is 2.38. The van der Waals surface area contributed by atoms with Gasteiger partial charge in [0.05, 0.1) is 26.1 Å². The summed E-state index contributed by atoms with van der Waals surface area (Å²) < 4.78 is 11.8. The largest absolute Gasteiger partial charge is 0.492 e. The fourth-order valence-electron chi connectivity index (χ4n) is 5.62. The lowest BCUT2D eigenvalue weighted by molar-refractivity contribution is -1.31. The van der Waals surface area contributed by atoms with Crippen LogP contribution in [0.1, 0.15) is 34.6 Å². The van der Waals surface area contributed by atoms with Crippen LogP contribution in [-0.4, -0.2) is 71.3 Å². The van der Waals surface area contributed by atoms with E-state index in [-0.39, 0.29) is 12.3 Å². The maximum absolute atomic E-state index is 11.1. The number of hydrogen-bond donors (Lipinski definition) is 3. The Bertz CT molecular complexity index is 1340. The highest BCUT2D eigenvalue weighted by Gasteiger charge is 2.32. The third-order valence-electron chi connectivity index (χ3n) is 7.58. The van der Waals surface area contributed by atoms with Crippen molar-refractivity contribution in [2.75, 3.05) is 44.7 Å². The molecule has 39 heavy (non-hydrogen) atoms. The van der Waals surface area contributed by atoms with Crippen LogP contribution in [0.3, 0.4) is 0 Å². The molecule has 9 nitrogen and oxygen atoms in total. The first-order chi connectivity index (χ1) is 18.6. The van der Waals surface area contributed by atoms with Gasteiger partial charge in [0.25, 0.3) is 0 Å². The van der Waals surface area contributed by atoms with E-state index in [0.717, 1.165) is 22.4 Å². The van der Waals surface area contributed by atoms with E-state index in [4.69, 9.17) is 14.6 Å². The number of carboxylic acids is 1. The Morgan fingerprint density at radius 3 is 2.41 bits per heavy atom. The van der Waals surface area contributed by atoms with E-state index in [1.54, 1.807) is 5.01 Å². The highest BCUT2D eigenvalue weighted by molar-refractivity contribution is 5.74. The average Bonchev–Trinajstić information content (AvgIpc) is 3.28. The number of piperazine rings is 1. The SMILES string of the molecule is Cc1cc(N2CCN([N+](C)(O)O)CC2)cc(C)c1-c1cccc(COc2ccc3c(c2)OCC3CC(=O)O)c1. The minimum absolute atomic E-state index is 0.0583. The lowest BCUT2D eigenvalue weighted by Crippen LogP contribution is -2.60. The van der Waals surface area contributed by atoms with Gasteiger partial charge in [-0.2, -0.15) is 10.4 Å². The van der Waals surface area contributed by atoms with Gasteiger partial charge >= 0.3 is 5.97 Å². The number of anilines is 1. The van der Waals surface area contributed by atoms with Crippen LogP contribution in [-0.2, 0) is 11.4 Å². The summed E-state index contributed by atoms with van der Waals surface area (Å²) in [6, 6.07) is 18.4. The number of hydroxylamine groups is 2. The molecular formula is C30H36N3O6+. The summed E-state index contributed by atoms with van der Waals surface area (Å²) in [6.45, 7) is 7.59. The fraction of sp³-hybridized carbons (Fsp3) is 0.367. The van der Waals surface area contributed by atoms with Crippen molar-refractivity contribution in [3.05, 3.63) is 76.9 Å². The summed E-state index contributed by atoms with van der Waals surface area (Å²) in [6.07, 6.45) is 0.0583. The van der Waals surface area contributed by atoms with Gasteiger partial charge in [0.15, 0.2) is 7.05 Å². The first kappa shape index (κ1) is 27.0. The summed E-state index contributed by atoms with van der Waals surface area (Å²) in [5.74, 6) is 0.434. The molecule has 0 aromatic heterocycles. The van der Waals surface area contributed by atoms with Crippen molar-refractivity contribution in [2.45, 2.75) is 32.8 Å². The van der Waals surface area contributed by atoms with Crippen LogP contribution in [0, 0.1) is 13.8 Å². The van der Waals surface area contributed by atoms with Gasteiger partial charge in [-0.05, 0) is 65.9 Å². The van der Waals surface area contributed by atoms with Crippen molar-refractivity contribution >= 4 is 11.7 Å². The lowest BCUT2D eigenvalue weighted by atomic mass is 9.93. The lowest BCUT2D eigenvalue weighted by Gasteiger charge is -2.38. The molecule has 0 radical (unpaired) electrons. The molecule has 2 heterocycles. The number of carboxylic acid groups (broad SMARTS) is 1. The van der Waals surface area contributed by atoms with Crippen LogP contribution >= 0.6 is 0 Å². The van der Waals surface area contributed by atoms with Crippen molar-refractivity contribution < 1.29 is 34.7 Å². The molecule has 206 valence electrons. The minimum atomic E-state index is -1.13. The van der Waals surface area contributed by atoms with E-state index in [9.17, 15) is 15.2 Å². The summed E-state index contributed by atoms with van der Waals surface area (Å²) >= 11 is 0. The molecule has 0 saturated carbocycles. The Morgan fingerprint density at radius 1 is 1.03 bits per heavy atom. The topological polar surface area (TPSA) is 103 Å². The number of benzene rings is 3. The molecule has 3 N–H and O–H groups in total. The molecule has 5 rings (SSSR count). The molecule has 1 fully saturated rings. The van der Waals surface area contributed by atoms with E-state index in [1.165, 1.54) is 23.7 Å². The molecule has 2 aliphatic heterocycles. The molecule has 2 aliphatic rings. The molecular weight excluding hydrogens is 498 g/mol. The van der Waals surface area contributed by atoms with Crippen LogP contribution in [0.5, 0.6) is 11.5 Å². The summed E-state index contributed by atoms with van der Waals surface area (Å²) in [5.41, 5.74) is 7.80. The van der Waals surface area contributed by atoms with Gasteiger partial charge in [-0.15, -0.1) is 0 Å². The first-order valence-corrected chi connectivity index (χ1v) is 13.2. The Morgan fingerprint density at radius 2 is 1.74 bits per heavy atom. The number of hydrogen-bond acceptors (Lipinski definition) is 7. The fourth-order valence-corrected chi connectivity index (χ4v) is 5.62. The second-order valence-electron chi connectivity index (χ2n) is 10.6. The number of fused-ring (bicyclic) bond motifs is 1. The van der Waals surface area contributed by atoms with Gasteiger partial charge in [-0.3, -0.25) is 4.79 Å². The molecule has 1 unspecified atom stereocenters. The third kappa shape index (κ3) is 6.02. The average molecular weight is 535 g/mol. The molecule has 0 aliphatic carbocycles. The zero-order valence-corrected chi connectivity index (χ0v) is 22.6. The van der Waals surface area contributed by atoms with E-state index < -0.39 is 10.9 Å². The van der Waals surface area contributed by atoms with Gasteiger partial charge in [-0.1, -0.05) is 29.3 Å². The van der Waals surface area contributed by atoms with Crippen molar-refractivity contribution in [3.63, 3.8) is 0 Å². The van der Waals surface area contributed by atoms with Gasteiger partial charge in [0.2, 0.25) is 0 Å². The monoisotopic (exact) mass is 534 g/mol. The number of carbonyl (C=O) groups is 1. The standard InChI is InChI=1S/C30H35N3O6/c1-20-13-25(31-9-11-32(12-10-31)33(3,36)37)14-21(2)30(20)23-6-4-5-22(15-23)18-38-26-7-8-27-24(16-29(34)35)19-39-28(27)17-26/h4-8,13-15,17,24,36-37H,9-12,16,18-19H2,1-3H3/p+1. The number of aryl methyl sites for hydroxylation is 2. The van der Waals surface area contributed by atoms with E-state index in [0.29, 0.717) is 50.9 Å². The zero-order valence-electron chi connectivity index (χ0n) is 22.6. The van der Waals surface area contributed by atoms with Gasteiger partial charge < -0.3 is 19.5 Å². The molecule has 0 bridgehead atoms. The summed E-state index contributed by atoms with van der Waals surface area (Å²) in [7, 11) is 1.34. The van der Waals surface area contributed by atoms with Crippen molar-refractivity contribution in [1.82, 2.24) is 5.01 Å². The molecule has 1 saturated heterocycles. The minimum Gasteiger partial charge on any atom is -0.492 e. The van der Waals surface area contributed by atoms with Gasteiger partial charge in [0, 0.05) is 41.2 Å². The molecule has 9 heteroatoms. The third-order valence-corrected chi connectivity index (χ3v) is 7.58. The first-order valence-electron chi connectivity index (χ1n) is 13.2. The number of nitrogens with zero attached hydrogens (tertiary/aromatic N) is 3.